The highest BCUT2D eigenvalue weighted by Crippen LogP contribution is 2.34. The number of carbonyl (C=O) groups is 3. The second-order valence-corrected chi connectivity index (χ2v) is 8.74. The smallest absolute Gasteiger partial charge is 0.341 e. The minimum atomic E-state index is -0.548. The highest BCUT2D eigenvalue weighted by Gasteiger charge is 2.28. The molecule has 0 aliphatic heterocycles. The monoisotopic (exact) mass is 448 g/mol. The first kappa shape index (κ1) is 22.3. The summed E-state index contributed by atoms with van der Waals surface area (Å²) in [7, 11) is 0. The summed E-state index contributed by atoms with van der Waals surface area (Å²) in [6, 6.07) is 7.14. The molecule has 1 aliphatic carbocycles. The van der Waals surface area contributed by atoms with Crippen molar-refractivity contribution in [1.82, 2.24) is 5.32 Å². The van der Waals surface area contributed by atoms with Crippen molar-refractivity contribution < 1.29 is 19.1 Å². The zero-order valence-corrected chi connectivity index (χ0v) is 18.6. The Hall–Kier alpha value is -2.38. The van der Waals surface area contributed by atoms with Crippen LogP contribution in [0, 0.1) is 6.92 Å². The van der Waals surface area contributed by atoms with Gasteiger partial charge in [-0.1, -0.05) is 36.6 Å². The fraction of sp³-hybridized carbons (Fsp3) is 0.409. The van der Waals surface area contributed by atoms with E-state index in [0.717, 1.165) is 42.6 Å². The highest BCUT2D eigenvalue weighted by atomic mass is 35.5. The van der Waals surface area contributed by atoms with Gasteiger partial charge in [-0.2, -0.15) is 0 Å². The average molecular weight is 449 g/mol. The molecule has 0 atom stereocenters. The van der Waals surface area contributed by atoms with E-state index in [1.54, 1.807) is 38.1 Å². The van der Waals surface area contributed by atoms with Crippen molar-refractivity contribution in [3.63, 3.8) is 0 Å². The lowest BCUT2D eigenvalue weighted by Crippen LogP contribution is -2.32. The normalized spacial score (nSPS) is 13.8. The number of anilines is 1. The van der Waals surface area contributed by atoms with Gasteiger partial charge in [0.25, 0.3) is 5.91 Å². The molecule has 3 rings (SSSR count). The van der Waals surface area contributed by atoms with Crippen LogP contribution in [-0.4, -0.2) is 30.4 Å². The third kappa shape index (κ3) is 5.40. The minimum absolute atomic E-state index is 0.125. The molecular weight excluding hydrogens is 424 g/mol. The second-order valence-electron chi connectivity index (χ2n) is 7.29. The summed E-state index contributed by atoms with van der Waals surface area (Å²) >= 11 is 6.99. The van der Waals surface area contributed by atoms with Crippen LogP contribution in [-0.2, 0) is 16.0 Å². The number of halogens is 1. The highest BCUT2D eigenvalue weighted by molar-refractivity contribution is 7.18. The van der Waals surface area contributed by atoms with Crippen LogP contribution in [0.5, 0.6) is 0 Å². The van der Waals surface area contributed by atoms with Crippen molar-refractivity contribution in [2.24, 2.45) is 0 Å². The van der Waals surface area contributed by atoms with Crippen LogP contribution in [0.25, 0.3) is 0 Å². The Morgan fingerprint density at radius 2 is 1.83 bits per heavy atom. The van der Waals surface area contributed by atoms with Crippen molar-refractivity contribution in [2.45, 2.75) is 52.0 Å². The molecule has 0 unspecified atom stereocenters. The molecule has 0 radical (unpaired) electrons. The van der Waals surface area contributed by atoms with Crippen molar-refractivity contribution in [3.05, 3.63) is 50.9 Å². The fourth-order valence-corrected chi connectivity index (χ4v) is 4.79. The van der Waals surface area contributed by atoms with Crippen LogP contribution >= 0.6 is 22.9 Å². The van der Waals surface area contributed by atoms with Crippen LogP contribution in [0.4, 0.5) is 5.00 Å². The van der Waals surface area contributed by atoms with E-state index >= 15 is 0 Å². The fourth-order valence-electron chi connectivity index (χ4n) is 3.55. The summed E-state index contributed by atoms with van der Waals surface area (Å²) < 4.78 is 5.16. The molecular formula is C22H25ClN2O4S. The lowest BCUT2D eigenvalue weighted by Gasteiger charge is -2.11. The third-order valence-corrected chi connectivity index (χ3v) is 6.51. The molecule has 1 fully saturated rings. The van der Waals surface area contributed by atoms with E-state index in [1.165, 1.54) is 0 Å². The Bertz CT molecular complexity index is 933. The molecule has 1 aliphatic rings. The standard InChI is InChI=1S/C22H25ClN2O4S/c1-3-29-22(28)18-13(2)19(20(27)24-16-6-4-5-7-16)30-21(18)25-17(26)12-14-8-10-15(23)11-9-14/h8-11,16H,3-7,12H2,1-2H3,(H,24,27)(H,25,26). The van der Waals surface area contributed by atoms with Gasteiger partial charge in [0.05, 0.1) is 23.5 Å². The Balaban J connectivity index is 1.81. The second kappa shape index (κ2) is 10.1. The maximum atomic E-state index is 12.8. The Kier molecular flexibility index (Phi) is 7.50. The van der Waals surface area contributed by atoms with Crippen molar-refractivity contribution >= 4 is 45.7 Å². The van der Waals surface area contributed by atoms with Crippen molar-refractivity contribution in [2.75, 3.05) is 11.9 Å². The van der Waals surface area contributed by atoms with Crippen LogP contribution in [0.2, 0.25) is 5.02 Å². The van der Waals surface area contributed by atoms with E-state index in [-0.39, 0.29) is 36.4 Å². The number of amides is 2. The lowest BCUT2D eigenvalue weighted by atomic mass is 10.1. The molecule has 1 saturated carbocycles. The summed E-state index contributed by atoms with van der Waals surface area (Å²) in [5.41, 5.74) is 1.56. The number of hydrogen-bond donors (Lipinski definition) is 2. The molecule has 1 aromatic heterocycles. The molecule has 1 aromatic carbocycles. The molecule has 1 heterocycles. The predicted octanol–water partition coefficient (Wildman–Crippen LogP) is 4.74. The van der Waals surface area contributed by atoms with Gasteiger partial charge in [0.1, 0.15) is 5.00 Å². The van der Waals surface area contributed by atoms with Gasteiger partial charge in [-0.25, -0.2) is 4.79 Å². The van der Waals surface area contributed by atoms with Crippen LogP contribution < -0.4 is 10.6 Å². The van der Waals surface area contributed by atoms with Gasteiger partial charge < -0.3 is 15.4 Å². The van der Waals surface area contributed by atoms with Gasteiger partial charge >= 0.3 is 5.97 Å². The first-order chi connectivity index (χ1) is 14.4. The number of carbonyl (C=O) groups excluding carboxylic acids is 3. The largest absolute Gasteiger partial charge is 0.462 e. The number of esters is 1. The molecule has 160 valence electrons. The van der Waals surface area contributed by atoms with Gasteiger partial charge in [0.15, 0.2) is 0 Å². The maximum absolute atomic E-state index is 12.8. The number of nitrogens with one attached hydrogen (secondary N) is 2. The van der Waals surface area contributed by atoms with Gasteiger partial charge in [-0.05, 0) is 49.9 Å². The number of rotatable bonds is 7. The summed E-state index contributed by atoms with van der Waals surface area (Å²) in [4.78, 5) is 38.3. The first-order valence-electron chi connectivity index (χ1n) is 10.0. The predicted molar refractivity (Wildman–Crippen MR) is 119 cm³/mol. The summed E-state index contributed by atoms with van der Waals surface area (Å²) in [5, 5.41) is 6.76. The van der Waals surface area contributed by atoms with Gasteiger partial charge in [-0.3, -0.25) is 9.59 Å². The maximum Gasteiger partial charge on any atom is 0.341 e. The number of ether oxygens (including phenoxy) is 1. The molecule has 0 spiro atoms. The van der Waals surface area contributed by atoms with Crippen molar-refractivity contribution in [3.8, 4) is 0 Å². The van der Waals surface area contributed by atoms with Crippen LogP contribution in [0.1, 0.15) is 63.8 Å². The third-order valence-electron chi connectivity index (χ3n) is 5.05. The molecule has 2 N–H and O–H groups in total. The Morgan fingerprint density at radius 1 is 1.17 bits per heavy atom. The SMILES string of the molecule is CCOC(=O)c1c(NC(=O)Cc2ccc(Cl)cc2)sc(C(=O)NC2CCCC2)c1C. The van der Waals surface area contributed by atoms with E-state index in [4.69, 9.17) is 16.3 Å². The van der Waals surface area contributed by atoms with E-state index in [0.29, 0.717) is 20.5 Å². The zero-order chi connectivity index (χ0) is 21.7. The van der Waals surface area contributed by atoms with Crippen LogP contribution in [0.15, 0.2) is 24.3 Å². The van der Waals surface area contributed by atoms with Gasteiger partial charge in [-0.15, -0.1) is 11.3 Å². The average Bonchev–Trinajstić information content (AvgIpc) is 3.31. The Labute approximate surface area is 185 Å². The van der Waals surface area contributed by atoms with E-state index < -0.39 is 5.97 Å². The molecule has 6 nitrogen and oxygen atoms in total. The summed E-state index contributed by atoms with van der Waals surface area (Å²) in [5.74, 6) is -1.05. The molecule has 0 saturated heterocycles. The summed E-state index contributed by atoms with van der Waals surface area (Å²) in [6.45, 7) is 3.63. The molecule has 0 bridgehead atoms. The van der Waals surface area contributed by atoms with Crippen LogP contribution in [0.3, 0.4) is 0 Å². The molecule has 2 aromatic rings. The topological polar surface area (TPSA) is 84.5 Å². The van der Waals surface area contributed by atoms with E-state index in [2.05, 4.69) is 10.6 Å². The molecule has 30 heavy (non-hydrogen) atoms. The molecule has 8 heteroatoms. The minimum Gasteiger partial charge on any atom is -0.462 e. The van der Waals surface area contributed by atoms with Gasteiger partial charge in [0.2, 0.25) is 5.91 Å². The Morgan fingerprint density at radius 3 is 2.47 bits per heavy atom. The van der Waals surface area contributed by atoms with Crippen molar-refractivity contribution in [1.29, 1.82) is 0 Å². The molecule has 2 amide bonds. The summed E-state index contributed by atoms with van der Waals surface area (Å²) in [6.07, 6.45) is 4.26. The number of benzene rings is 1. The van der Waals surface area contributed by atoms with E-state index in [9.17, 15) is 14.4 Å². The number of thiophene rings is 1. The quantitative estimate of drug-likeness (QED) is 0.599. The van der Waals surface area contributed by atoms with Gasteiger partial charge in [0, 0.05) is 11.1 Å². The zero-order valence-electron chi connectivity index (χ0n) is 17.0. The van der Waals surface area contributed by atoms with E-state index in [1.807, 2.05) is 0 Å². The number of hydrogen-bond acceptors (Lipinski definition) is 5. The lowest BCUT2D eigenvalue weighted by molar-refractivity contribution is -0.115. The first-order valence-corrected chi connectivity index (χ1v) is 11.2.